The van der Waals surface area contributed by atoms with Crippen LogP contribution in [0.2, 0.25) is 5.02 Å². The molecule has 1 N–H and O–H groups in total. The molecule has 0 unspecified atom stereocenters. The maximum absolute atomic E-state index is 12.1. The SMILES string of the molecule is C[C@@H]1CNCCN1C(=O)CCc1ccc(Cl)cc1.Cl. The van der Waals surface area contributed by atoms with Gasteiger partial charge in [-0.15, -0.1) is 12.4 Å². The lowest BCUT2D eigenvalue weighted by Crippen LogP contribution is -2.52. The largest absolute Gasteiger partial charge is 0.337 e. The molecule has 0 spiro atoms. The molecule has 1 fully saturated rings. The van der Waals surface area contributed by atoms with Crippen molar-refractivity contribution in [3.05, 3.63) is 34.9 Å². The van der Waals surface area contributed by atoms with Crippen molar-refractivity contribution < 1.29 is 4.79 Å². The Balaban J connectivity index is 0.00000180. The first kappa shape index (κ1) is 16.3. The molecule has 106 valence electrons. The van der Waals surface area contributed by atoms with Gasteiger partial charge in [-0.25, -0.2) is 0 Å². The van der Waals surface area contributed by atoms with Crippen LogP contribution in [0.5, 0.6) is 0 Å². The number of nitrogens with zero attached hydrogens (tertiary/aromatic N) is 1. The maximum Gasteiger partial charge on any atom is 0.223 e. The Morgan fingerprint density at radius 1 is 1.42 bits per heavy atom. The first-order valence-electron chi connectivity index (χ1n) is 6.41. The minimum atomic E-state index is 0. The second-order valence-electron chi connectivity index (χ2n) is 4.77. The number of carbonyl (C=O) groups is 1. The number of aryl methyl sites for hydroxylation is 1. The van der Waals surface area contributed by atoms with Gasteiger partial charge in [0.2, 0.25) is 5.91 Å². The highest BCUT2D eigenvalue weighted by molar-refractivity contribution is 6.30. The monoisotopic (exact) mass is 302 g/mol. The Bertz CT molecular complexity index is 408. The summed E-state index contributed by atoms with van der Waals surface area (Å²) in [6, 6.07) is 8.01. The summed E-state index contributed by atoms with van der Waals surface area (Å²) in [7, 11) is 0. The van der Waals surface area contributed by atoms with Crippen LogP contribution < -0.4 is 5.32 Å². The normalized spacial score (nSPS) is 18.8. The lowest BCUT2D eigenvalue weighted by atomic mass is 10.1. The van der Waals surface area contributed by atoms with Crippen molar-refractivity contribution in [1.29, 1.82) is 0 Å². The average Bonchev–Trinajstić information content (AvgIpc) is 2.38. The van der Waals surface area contributed by atoms with Crippen LogP contribution in [0, 0.1) is 0 Å². The Labute approximate surface area is 125 Å². The minimum absolute atomic E-state index is 0. The number of benzene rings is 1. The molecule has 1 atom stereocenters. The molecule has 0 aromatic heterocycles. The van der Waals surface area contributed by atoms with Gasteiger partial charge in [-0.3, -0.25) is 4.79 Å². The van der Waals surface area contributed by atoms with Crippen LogP contribution in [0.1, 0.15) is 18.9 Å². The molecule has 3 nitrogen and oxygen atoms in total. The fourth-order valence-electron chi connectivity index (χ4n) is 2.26. The number of nitrogens with one attached hydrogen (secondary N) is 1. The van der Waals surface area contributed by atoms with Crippen molar-refractivity contribution in [1.82, 2.24) is 10.2 Å². The quantitative estimate of drug-likeness (QED) is 0.930. The topological polar surface area (TPSA) is 32.3 Å². The summed E-state index contributed by atoms with van der Waals surface area (Å²) in [6.07, 6.45) is 1.36. The van der Waals surface area contributed by atoms with Crippen LogP contribution in [-0.4, -0.2) is 36.5 Å². The van der Waals surface area contributed by atoms with Crippen LogP contribution in [0.4, 0.5) is 0 Å². The average molecular weight is 303 g/mol. The summed E-state index contributed by atoms with van der Waals surface area (Å²) < 4.78 is 0. The second kappa shape index (κ2) is 7.73. The molecule has 2 rings (SSSR count). The van der Waals surface area contributed by atoms with Gasteiger partial charge in [0.1, 0.15) is 0 Å². The van der Waals surface area contributed by atoms with E-state index < -0.39 is 0 Å². The molecule has 1 heterocycles. The molecule has 1 aromatic rings. The van der Waals surface area contributed by atoms with E-state index in [0.717, 1.165) is 36.6 Å². The highest BCUT2D eigenvalue weighted by Gasteiger charge is 2.22. The van der Waals surface area contributed by atoms with Crippen molar-refractivity contribution in [3.63, 3.8) is 0 Å². The van der Waals surface area contributed by atoms with Gasteiger partial charge in [0.25, 0.3) is 0 Å². The predicted octanol–water partition coefficient (Wildman–Crippen LogP) is 2.51. The molecule has 0 radical (unpaired) electrons. The van der Waals surface area contributed by atoms with E-state index in [1.54, 1.807) is 0 Å². The molecule has 1 aliphatic rings. The number of carbonyl (C=O) groups excluding carboxylic acids is 1. The lowest BCUT2D eigenvalue weighted by molar-refractivity contribution is -0.133. The highest BCUT2D eigenvalue weighted by atomic mass is 35.5. The molecule has 1 aromatic carbocycles. The maximum atomic E-state index is 12.1. The Hall–Kier alpha value is -0.770. The van der Waals surface area contributed by atoms with E-state index in [-0.39, 0.29) is 18.3 Å². The van der Waals surface area contributed by atoms with E-state index in [9.17, 15) is 4.79 Å². The van der Waals surface area contributed by atoms with Crippen molar-refractivity contribution in [2.45, 2.75) is 25.8 Å². The summed E-state index contributed by atoms with van der Waals surface area (Å²) in [4.78, 5) is 14.1. The fourth-order valence-corrected chi connectivity index (χ4v) is 2.38. The number of hydrogen-bond acceptors (Lipinski definition) is 2. The lowest BCUT2D eigenvalue weighted by Gasteiger charge is -2.34. The second-order valence-corrected chi connectivity index (χ2v) is 5.20. The Morgan fingerprint density at radius 2 is 2.11 bits per heavy atom. The van der Waals surface area contributed by atoms with Crippen molar-refractivity contribution in [2.75, 3.05) is 19.6 Å². The molecule has 1 aliphatic heterocycles. The summed E-state index contributed by atoms with van der Waals surface area (Å²) >= 11 is 5.83. The number of hydrogen-bond donors (Lipinski definition) is 1. The molecule has 5 heteroatoms. The van der Waals surface area contributed by atoms with E-state index in [2.05, 4.69) is 12.2 Å². The van der Waals surface area contributed by atoms with E-state index >= 15 is 0 Å². The van der Waals surface area contributed by atoms with Gasteiger partial charge < -0.3 is 10.2 Å². The number of piperazine rings is 1. The highest BCUT2D eigenvalue weighted by Crippen LogP contribution is 2.12. The molecular weight excluding hydrogens is 283 g/mol. The van der Waals surface area contributed by atoms with Crippen molar-refractivity contribution in [2.24, 2.45) is 0 Å². The van der Waals surface area contributed by atoms with Crippen LogP contribution in [0.3, 0.4) is 0 Å². The summed E-state index contributed by atoms with van der Waals surface area (Å²) in [5.41, 5.74) is 1.16. The van der Waals surface area contributed by atoms with E-state index in [4.69, 9.17) is 11.6 Å². The third-order valence-corrected chi connectivity index (χ3v) is 3.61. The summed E-state index contributed by atoms with van der Waals surface area (Å²) in [6.45, 7) is 4.71. The van der Waals surface area contributed by atoms with Gasteiger partial charge >= 0.3 is 0 Å². The zero-order valence-corrected chi connectivity index (χ0v) is 12.6. The van der Waals surface area contributed by atoms with Gasteiger partial charge in [0.15, 0.2) is 0 Å². The first-order valence-corrected chi connectivity index (χ1v) is 6.79. The Morgan fingerprint density at radius 3 is 2.74 bits per heavy atom. The van der Waals surface area contributed by atoms with Crippen molar-refractivity contribution >= 4 is 29.9 Å². The van der Waals surface area contributed by atoms with Crippen LogP contribution in [-0.2, 0) is 11.2 Å². The molecule has 0 bridgehead atoms. The molecule has 19 heavy (non-hydrogen) atoms. The van der Waals surface area contributed by atoms with E-state index in [1.165, 1.54) is 0 Å². The van der Waals surface area contributed by atoms with E-state index in [1.807, 2.05) is 29.2 Å². The van der Waals surface area contributed by atoms with Crippen molar-refractivity contribution in [3.8, 4) is 0 Å². The van der Waals surface area contributed by atoms with Gasteiger partial charge in [0, 0.05) is 37.1 Å². The zero-order valence-electron chi connectivity index (χ0n) is 11.1. The molecular formula is C14H20Cl2N2O. The Kier molecular flexibility index (Phi) is 6.63. The third-order valence-electron chi connectivity index (χ3n) is 3.36. The molecule has 1 saturated heterocycles. The van der Waals surface area contributed by atoms with Crippen LogP contribution in [0.15, 0.2) is 24.3 Å². The molecule has 1 amide bonds. The minimum Gasteiger partial charge on any atom is -0.337 e. The summed E-state index contributed by atoms with van der Waals surface area (Å²) in [5, 5.41) is 4.03. The van der Waals surface area contributed by atoms with Gasteiger partial charge in [-0.05, 0) is 31.0 Å². The van der Waals surface area contributed by atoms with Crippen LogP contribution >= 0.6 is 24.0 Å². The van der Waals surface area contributed by atoms with Crippen LogP contribution in [0.25, 0.3) is 0 Å². The van der Waals surface area contributed by atoms with Gasteiger partial charge in [0.05, 0.1) is 0 Å². The number of halogens is 2. The van der Waals surface area contributed by atoms with E-state index in [0.29, 0.717) is 12.5 Å². The zero-order chi connectivity index (χ0) is 13.0. The molecule has 0 saturated carbocycles. The third kappa shape index (κ3) is 4.68. The number of rotatable bonds is 3. The first-order chi connectivity index (χ1) is 8.66. The smallest absolute Gasteiger partial charge is 0.223 e. The summed E-state index contributed by atoms with van der Waals surface area (Å²) in [5.74, 6) is 0.249. The van der Waals surface area contributed by atoms with Gasteiger partial charge in [-0.1, -0.05) is 23.7 Å². The standard InChI is InChI=1S/C14H19ClN2O.ClH/c1-11-10-16-8-9-17(11)14(18)7-4-12-2-5-13(15)6-3-12;/h2-3,5-6,11,16H,4,7-10H2,1H3;1H/t11-;/m1./s1. The fraction of sp³-hybridized carbons (Fsp3) is 0.500. The molecule has 0 aliphatic carbocycles. The number of amides is 1. The van der Waals surface area contributed by atoms with Gasteiger partial charge in [-0.2, -0.15) is 0 Å². The predicted molar refractivity (Wildman–Crippen MR) is 81.1 cm³/mol.